The maximum absolute atomic E-state index is 13.3. The summed E-state index contributed by atoms with van der Waals surface area (Å²) < 4.78 is 166. The van der Waals surface area contributed by atoms with E-state index in [9.17, 15) is 57.1 Å². The Hall–Kier alpha value is -1.25. The molecule has 0 aromatic heterocycles. The van der Waals surface area contributed by atoms with Gasteiger partial charge in [-0.05, 0) is 14.0 Å². The summed E-state index contributed by atoms with van der Waals surface area (Å²) in [5.74, 6) is -33.8. The van der Waals surface area contributed by atoms with Crippen LogP contribution in [-0.2, 0) is 0 Å². The van der Waals surface area contributed by atoms with Crippen LogP contribution in [0.25, 0.3) is 0 Å². The van der Waals surface area contributed by atoms with Crippen molar-refractivity contribution < 1.29 is 62.2 Å². The van der Waals surface area contributed by atoms with Crippen molar-refractivity contribution in [2.75, 3.05) is 7.05 Å². The van der Waals surface area contributed by atoms with Crippen LogP contribution in [0.1, 0.15) is 6.92 Å². The average Bonchev–Trinajstić information content (AvgIpc) is 2.43. The van der Waals surface area contributed by atoms with Crippen LogP contribution in [0.15, 0.2) is 11.9 Å². The van der Waals surface area contributed by atoms with E-state index in [1.807, 2.05) is 0 Å². The topological polar surface area (TPSA) is 23.5 Å². The molecular formula is C11H10F13NO. The summed E-state index contributed by atoms with van der Waals surface area (Å²) in [6.45, 7) is 0.781. The van der Waals surface area contributed by atoms with Crippen LogP contribution in [0.4, 0.5) is 57.1 Å². The second-order valence-corrected chi connectivity index (χ2v) is 4.98. The molecule has 0 bridgehead atoms. The Bertz CT molecular complexity index is 525. The molecule has 0 radical (unpaired) electrons. The zero-order chi connectivity index (χ0) is 21.5. The summed E-state index contributed by atoms with van der Waals surface area (Å²) in [4.78, 5) is -0.00371. The lowest BCUT2D eigenvalue weighted by atomic mass is 9.97. The van der Waals surface area contributed by atoms with Gasteiger partial charge >= 0.3 is 29.9 Å². The highest BCUT2D eigenvalue weighted by Gasteiger charge is 2.87. The SMILES string of the molecule is CC(O)N(C)C(F)C=C(F)C(F)(F)C(F)(F)C(F)(F)C(F)(F)C(F)(F)F. The molecule has 156 valence electrons. The molecule has 0 spiro atoms. The minimum atomic E-state index is -7.80. The quantitative estimate of drug-likeness (QED) is 0.373. The first kappa shape index (κ1) is 24.8. The van der Waals surface area contributed by atoms with E-state index in [0.29, 0.717) is 7.05 Å². The molecule has 1 N–H and O–H groups in total. The molecule has 0 aromatic rings. The van der Waals surface area contributed by atoms with Gasteiger partial charge < -0.3 is 5.11 Å². The molecule has 0 heterocycles. The van der Waals surface area contributed by atoms with E-state index in [1.54, 1.807) is 0 Å². The minimum Gasteiger partial charge on any atom is -0.379 e. The lowest BCUT2D eigenvalue weighted by molar-refractivity contribution is -0.419. The second-order valence-electron chi connectivity index (χ2n) is 4.98. The summed E-state index contributed by atoms with van der Waals surface area (Å²) in [6.07, 6.45) is -13.5. The number of alkyl halides is 12. The molecule has 0 saturated heterocycles. The number of nitrogens with zero attached hydrogens (tertiary/aromatic N) is 1. The fourth-order valence-electron chi connectivity index (χ4n) is 1.27. The summed E-state index contributed by atoms with van der Waals surface area (Å²) in [5, 5.41) is 8.85. The normalized spacial score (nSPS) is 18.3. The van der Waals surface area contributed by atoms with E-state index in [-0.39, 0.29) is 4.90 Å². The lowest BCUT2D eigenvalue weighted by Gasteiger charge is -2.36. The maximum atomic E-state index is 13.3. The first-order valence-electron chi connectivity index (χ1n) is 6.16. The van der Waals surface area contributed by atoms with Gasteiger partial charge in [0.05, 0.1) is 0 Å². The molecule has 0 rings (SSSR count). The first-order valence-corrected chi connectivity index (χ1v) is 6.16. The fraction of sp³-hybridized carbons (Fsp3) is 0.818. The van der Waals surface area contributed by atoms with E-state index in [0.717, 1.165) is 6.92 Å². The third-order valence-electron chi connectivity index (χ3n) is 3.10. The van der Waals surface area contributed by atoms with Crippen LogP contribution in [-0.4, -0.2) is 59.4 Å². The number of rotatable bonds is 7. The number of halogens is 13. The Morgan fingerprint density at radius 2 is 1.23 bits per heavy atom. The van der Waals surface area contributed by atoms with Gasteiger partial charge in [-0.3, -0.25) is 0 Å². The van der Waals surface area contributed by atoms with E-state index in [1.165, 1.54) is 0 Å². The Kier molecular flexibility index (Phi) is 6.71. The highest BCUT2D eigenvalue weighted by atomic mass is 19.4. The summed E-state index contributed by atoms with van der Waals surface area (Å²) >= 11 is 0. The molecule has 0 aromatic carbocycles. The highest BCUT2D eigenvalue weighted by molar-refractivity contribution is 5.18. The van der Waals surface area contributed by atoms with Crippen molar-refractivity contribution in [3.8, 4) is 0 Å². The van der Waals surface area contributed by atoms with Gasteiger partial charge in [0, 0.05) is 6.08 Å². The van der Waals surface area contributed by atoms with Crippen LogP contribution in [0.3, 0.4) is 0 Å². The van der Waals surface area contributed by atoms with Crippen molar-refractivity contribution in [2.24, 2.45) is 0 Å². The number of likely N-dealkylation sites (N-methyl/N-ethyl adjacent to an activating group) is 1. The van der Waals surface area contributed by atoms with Gasteiger partial charge in [-0.25, -0.2) is 13.7 Å². The van der Waals surface area contributed by atoms with Gasteiger partial charge in [0.2, 0.25) is 0 Å². The second kappa shape index (κ2) is 7.05. The number of allylic oxidation sites excluding steroid dienone is 1. The van der Waals surface area contributed by atoms with E-state index in [4.69, 9.17) is 5.11 Å². The van der Waals surface area contributed by atoms with Gasteiger partial charge in [-0.15, -0.1) is 0 Å². The van der Waals surface area contributed by atoms with Crippen LogP contribution >= 0.6 is 0 Å². The third kappa shape index (κ3) is 3.87. The minimum absolute atomic E-state index is 0.00371. The lowest BCUT2D eigenvalue weighted by Crippen LogP contribution is -2.66. The zero-order valence-corrected chi connectivity index (χ0v) is 12.5. The summed E-state index contributed by atoms with van der Waals surface area (Å²) in [5.41, 5.74) is 0. The van der Waals surface area contributed by atoms with Gasteiger partial charge in [-0.2, -0.15) is 48.3 Å². The Balaban J connectivity index is 6.10. The molecule has 26 heavy (non-hydrogen) atoms. The van der Waals surface area contributed by atoms with Crippen LogP contribution in [0, 0.1) is 0 Å². The Labute approximate surface area is 136 Å². The maximum Gasteiger partial charge on any atom is 0.460 e. The van der Waals surface area contributed by atoms with Crippen molar-refractivity contribution in [2.45, 2.75) is 49.3 Å². The van der Waals surface area contributed by atoms with Gasteiger partial charge in [0.15, 0.2) is 12.1 Å². The highest BCUT2D eigenvalue weighted by Crippen LogP contribution is 2.58. The molecule has 2 nitrogen and oxygen atoms in total. The fourth-order valence-corrected chi connectivity index (χ4v) is 1.27. The van der Waals surface area contributed by atoms with Crippen molar-refractivity contribution in [1.29, 1.82) is 0 Å². The molecule has 15 heteroatoms. The van der Waals surface area contributed by atoms with Gasteiger partial charge in [0.1, 0.15) is 6.23 Å². The molecular weight excluding hydrogens is 409 g/mol. The summed E-state index contributed by atoms with van der Waals surface area (Å²) in [7, 11) is 0.585. The number of aliphatic hydroxyl groups is 1. The molecule has 0 aliphatic carbocycles. The molecule has 2 unspecified atom stereocenters. The monoisotopic (exact) mass is 419 g/mol. The van der Waals surface area contributed by atoms with Crippen molar-refractivity contribution in [3.63, 3.8) is 0 Å². The predicted molar refractivity (Wildman–Crippen MR) is 59.4 cm³/mol. The Morgan fingerprint density at radius 1 is 0.846 bits per heavy atom. The van der Waals surface area contributed by atoms with Crippen molar-refractivity contribution in [1.82, 2.24) is 4.90 Å². The van der Waals surface area contributed by atoms with Gasteiger partial charge in [0.25, 0.3) is 0 Å². The van der Waals surface area contributed by atoms with E-state index in [2.05, 4.69) is 0 Å². The van der Waals surface area contributed by atoms with E-state index < -0.39 is 54.3 Å². The molecule has 0 saturated carbocycles. The smallest absolute Gasteiger partial charge is 0.379 e. The number of aliphatic hydroxyl groups excluding tert-OH is 1. The molecule has 0 aliphatic rings. The number of hydrogen-bond acceptors (Lipinski definition) is 2. The standard InChI is InChI=1S/C11H10F13NO/c1-4(26)25(2)6(13)3-5(12)7(14,15)8(16,17)9(18,19)10(20,21)11(22,23)24/h3-4,6,26H,1-2H3. The molecule has 0 aliphatic heterocycles. The third-order valence-corrected chi connectivity index (χ3v) is 3.10. The van der Waals surface area contributed by atoms with Crippen molar-refractivity contribution in [3.05, 3.63) is 11.9 Å². The molecule has 0 amide bonds. The first-order chi connectivity index (χ1) is 11.2. The molecule has 2 atom stereocenters. The van der Waals surface area contributed by atoms with Crippen LogP contribution < -0.4 is 0 Å². The largest absolute Gasteiger partial charge is 0.460 e. The number of hydrogen-bond donors (Lipinski definition) is 1. The Morgan fingerprint density at radius 3 is 1.54 bits per heavy atom. The summed E-state index contributed by atoms with van der Waals surface area (Å²) in [6, 6.07) is 0. The average molecular weight is 419 g/mol. The van der Waals surface area contributed by atoms with Crippen LogP contribution in [0.5, 0.6) is 0 Å². The predicted octanol–water partition coefficient (Wildman–Crippen LogP) is 4.51. The molecule has 0 fully saturated rings. The van der Waals surface area contributed by atoms with Crippen molar-refractivity contribution >= 4 is 0 Å². The van der Waals surface area contributed by atoms with E-state index >= 15 is 0 Å². The zero-order valence-electron chi connectivity index (χ0n) is 12.5. The van der Waals surface area contributed by atoms with Gasteiger partial charge in [-0.1, -0.05) is 0 Å². The van der Waals surface area contributed by atoms with Crippen LogP contribution in [0.2, 0.25) is 0 Å².